The van der Waals surface area contributed by atoms with Crippen molar-refractivity contribution in [3.63, 3.8) is 0 Å². The van der Waals surface area contributed by atoms with Crippen LogP contribution in [0.4, 0.5) is 4.39 Å². The van der Waals surface area contributed by atoms with E-state index in [1.807, 2.05) is 18.2 Å². The van der Waals surface area contributed by atoms with Crippen molar-refractivity contribution < 1.29 is 9.18 Å². The maximum atomic E-state index is 13.5. The first-order chi connectivity index (χ1) is 9.56. The number of benzene rings is 2. The molecule has 0 bridgehead atoms. The van der Waals surface area contributed by atoms with Crippen molar-refractivity contribution in [1.29, 1.82) is 0 Å². The molecule has 104 valence electrons. The molecule has 0 atom stereocenters. The number of rotatable bonds is 4. The number of halogens is 3. The summed E-state index contributed by atoms with van der Waals surface area (Å²) in [6.07, 6.45) is -0.00424. The second-order valence-corrected chi connectivity index (χ2v) is 5.60. The van der Waals surface area contributed by atoms with Crippen molar-refractivity contribution in [2.75, 3.05) is 0 Å². The molecule has 1 amide bonds. The van der Waals surface area contributed by atoms with Crippen LogP contribution in [0.15, 0.2) is 46.9 Å². The van der Waals surface area contributed by atoms with Crippen LogP contribution in [-0.4, -0.2) is 5.91 Å². The first kappa shape index (κ1) is 15.0. The van der Waals surface area contributed by atoms with Gasteiger partial charge in [-0.2, -0.15) is 0 Å². The summed E-state index contributed by atoms with van der Waals surface area (Å²) in [5.74, 6) is -0.636. The zero-order chi connectivity index (χ0) is 14.5. The Labute approximate surface area is 130 Å². The Morgan fingerprint density at radius 3 is 2.70 bits per heavy atom. The summed E-state index contributed by atoms with van der Waals surface area (Å²) >= 11 is 9.25. The van der Waals surface area contributed by atoms with E-state index in [0.717, 1.165) is 10.0 Å². The standard InChI is InChI=1S/C15H12BrClFNO/c16-12-5-6-14(18)11(7-12)8-15(20)19-9-10-3-1-2-4-13(10)17/h1-7H,8-9H2,(H,19,20). The van der Waals surface area contributed by atoms with Crippen LogP contribution < -0.4 is 5.32 Å². The molecule has 1 N–H and O–H groups in total. The molecule has 0 aromatic heterocycles. The molecule has 2 aromatic carbocycles. The van der Waals surface area contributed by atoms with Crippen LogP contribution in [0.1, 0.15) is 11.1 Å². The Morgan fingerprint density at radius 2 is 1.95 bits per heavy atom. The van der Waals surface area contributed by atoms with Gasteiger partial charge in [-0.3, -0.25) is 4.79 Å². The minimum atomic E-state index is -0.388. The normalized spacial score (nSPS) is 10.3. The highest BCUT2D eigenvalue weighted by molar-refractivity contribution is 9.10. The minimum Gasteiger partial charge on any atom is -0.352 e. The van der Waals surface area contributed by atoms with Crippen molar-refractivity contribution in [1.82, 2.24) is 5.32 Å². The van der Waals surface area contributed by atoms with Crippen LogP contribution in [0.2, 0.25) is 5.02 Å². The molecular formula is C15H12BrClFNO. The van der Waals surface area contributed by atoms with Gasteiger partial charge in [-0.25, -0.2) is 4.39 Å². The van der Waals surface area contributed by atoms with Gasteiger partial charge in [-0.05, 0) is 35.4 Å². The predicted octanol–water partition coefficient (Wildman–Crippen LogP) is 4.10. The highest BCUT2D eigenvalue weighted by Gasteiger charge is 2.09. The largest absolute Gasteiger partial charge is 0.352 e. The Morgan fingerprint density at radius 1 is 1.20 bits per heavy atom. The van der Waals surface area contributed by atoms with Crippen molar-refractivity contribution >= 4 is 33.4 Å². The molecule has 2 nitrogen and oxygen atoms in total. The van der Waals surface area contributed by atoms with Gasteiger partial charge in [0, 0.05) is 16.0 Å². The fraction of sp³-hybridized carbons (Fsp3) is 0.133. The zero-order valence-corrected chi connectivity index (χ0v) is 12.8. The number of hydrogen-bond donors (Lipinski definition) is 1. The molecule has 0 aliphatic rings. The third kappa shape index (κ3) is 4.05. The summed E-state index contributed by atoms with van der Waals surface area (Å²) in [6, 6.07) is 11.8. The molecular weight excluding hydrogens is 345 g/mol. The summed E-state index contributed by atoms with van der Waals surface area (Å²) in [7, 11) is 0. The van der Waals surface area contributed by atoms with Gasteiger partial charge in [0.05, 0.1) is 6.42 Å². The molecule has 0 radical (unpaired) electrons. The SMILES string of the molecule is O=C(Cc1cc(Br)ccc1F)NCc1ccccc1Cl. The van der Waals surface area contributed by atoms with Crippen LogP contribution in [0.25, 0.3) is 0 Å². The van der Waals surface area contributed by atoms with Gasteiger partial charge in [0.25, 0.3) is 0 Å². The van der Waals surface area contributed by atoms with Crippen molar-refractivity contribution in [3.8, 4) is 0 Å². The van der Waals surface area contributed by atoms with Crippen molar-refractivity contribution in [2.24, 2.45) is 0 Å². The van der Waals surface area contributed by atoms with Gasteiger partial charge < -0.3 is 5.32 Å². The zero-order valence-electron chi connectivity index (χ0n) is 10.5. The molecule has 20 heavy (non-hydrogen) atoms. The molecule has 0 spiro atoms. The molecule has 0 unspecified atom stereocenters. The maximum Gasteiger partial charge on any atom is 0.224 e. The van der Waals surface area contributed by atoms with Crippen molar-refractivity contribution in [2.45, 2.75) is 13.0 Å². The number of hydrogen-bond acceptors (Lipinski definition) is 1. The van der Waals surface area contributed by atoms with Gasteiger partial charge in [0.2, 0.25) is 5.91 Å². The average molecular weight is 357 g/mol. The van der Waals surface area contributed by atoms with E-state index in [0.29, 0.717) is 17.1 Å². The maximum absolute atomic E-state index is 13.5. The topological polar surface area (TPSA) is 29.1 Å². The minimum absolute atomic E-state index is 0.00424. The van der Waals surface area contributed by atoms with E-state index in [-0.39, 0.29) is 18.1 Å². The smallest absolute Gasteiger partial charge is 0.224 e. The van der Waals surface area contributed by atoms with Crippen LogP contribution in [-0.2, 0) is 17.8 Å². The van der Waals surface area contributed by atoms with Crippen LogP contribution in [0, 0.1) is 5.82 Å². The molecule has 0 saturated heterocycles. The summed E-state index contributed by atoms with van der Waals surface area (Å²) in [5, 5.41) is 3.33. The molecule has 0 aliphatic carbocycles. The summed E-state index contributed by atoms with van der Waals surface area (Å²) in [6.45, 7) is 0.328. The molecule has 0 fully saturated rings. The quantitative estimate of drug-likeness (QED) is 0.878. The highest BCUT2D eigenvalue weighted by Crippen LogP contribution is 2.17. The molecule has 5 heteroatoms. The summed E-state index contributed by atoms with van der Waals surface area (Å²) < 4.78 is 14.3. The fourth-order valence-corrected chi connectivity index (χ4v) is 2.36. The third-order valence-corrected chi connectivity index (χ3v) is 3.65. The lowest BCUT2D eigenvalue weighted by Gasteiger charge is -2.08. The van der Waals surface area contributed by atoms with Gasteiger partial charge in [0.15, 0.2) is 0 Å². The molecule has 0 aliphatic heterocycles. The van der Waals surface area contributed by atoms with Gasteiger partial charge in [-0.15, -0.1) is 0 Å². The number of nitrogens with one attached hydrogen (secondary N) is 1. The Kier molecular flexibility index (Phi) is 5.15. The second-order valence-electron chi connectivity index (χ2n) is 4.28. The summed E-state index contributed by atoms with van der Waals surface area (Å²) in [5.41, 5.74) is 1.19. The lowest BCUT2D eigenvalue weighted by Crippen LogP contribution is -2.25. The number of carbonyl (C=O) groups is 1. The molecule has 2 rings (SSSR count). The monoisotopic (exact) mass is 355 g/mol. The lowest BCUT2D eigenvalue weighted by atomic mass is 10.1. The van der Waals surface area contributed by atoms with Gasteiger partial charge >= 0.3 is 0 Å². The molecule has 0 saturated carbocycles. The Bertz CT molecular complexity index is 633. The Balaban J connectivity index is 1.96. The molecule has 2 aromatic rings. The van der Waals surface area contributed by atoms with Gasteiger partial charge in [-0.1, -0.05) is 45.7 Å². The highest BCUT2D eigenvalue weighted by atomic mass is 79.9. The van der Waals surface area contributed by atoms with Crippen LogP contribution >= 0.6 is 27.5 Å². The van der Waals surface area contributed by atoms with E-state index in [2.05, 4.69) is 21.2 Å². The first-order valence-corrected chi connectivity index (χ1v) is 7.17. The first-order valence-electron chi connectivity index (χ1n) is 6.00. The van der Waals surface area contributed by atoms with E-state index >= 15 is 0 Å². The van der Waals surface area contributed by atoms with Crippen molar-refractivity contribution in [3.05, 3.63) is 68.9 Å². The van der Waals surface area contributed by atoms with E-state index in [1.54, 1.807) is 18.2 Å². The predicted molar refractivity (Wildman–Crippen MR) is 81.1 cm³/mol. The van der Waals surface area contributed by atoms with E-state index in [1.165, 1.54) is 6.07 Å². The second kappa shape index (κ2) is 6.86. The third-order valence-electron chi connectivity index (χ3n) is 2.79. The van der Waals surface area contributed by atoms with Crippen LogP contribution in [0.5, 0.6) is 0 Å². The van der Waals surface area contributed by atoms with E-state index in [9.17, 15) is 9.18 Å². The Hall–Kier alpha value is -1.39. The number of carbonyl (C=O) groups excluding carboxylic acids is 1. The average Bonchev–Trinajstić information content (AvgIpc) is 2.42. The fourth-order valence-electron chi connectivity index (χ4n) is 1.75. The number of amides is 1. The van der Waals surface area contributed by atoms with E-state index in [4.69, 9.17) is 11.6 Å². The molecule has 0 heterocycles. The summed E-state index contributed by atoms with van der Waals surface area (Å²) in [4.78, 5) is 11.8. The van der Waals surface area contributed by atoms with Gasteiger partial charge in [0.1, 0.15) is 5.82 Å². The lowest BCUT2D eigenvalue weighted by molar-refractivity contribution is -0.120. The van der Waals surface area contributed by atoms with E-state index < -0.39 is 0 Å². The van der Waals surface area contributed by atoms with Crippen LogP contribution in [0.3, 0.4) is 0 Å².